The van der Waals surface area contributed by atoms with Crippen LogP contribution in [0.3, 0.4) is 0 Å². The third kappa shape index (κ3) is 10.1. The smallest absolute Gasteiger partial charge is 0.205 e. The first-order valence-electron chi connectivity index (χ1n) is 10.1. The highest BCUT2D eigenvalue weighted by Gasteiger charge is 2.17. The van der Waals surface area contributed by atoms with Crippen molar-refractivity contribution in [3.05, 3.63) is 35.4 Å². The van der Waals surface area contributed by atoms with E-state index in [0.717, 1.165) is 49.7 Å². The first-order chi connectivity index (χ1) is 13.5. The van der Waals surface area contributed by atoms with E-state index in [1.807, 2.05) is 24.3 Å². The Morgan fingerprint density at radius 2 is 1.32 bits per heavy atom. The fourth-order valence-electron chi connectivity index (χ4n) is 2.71. The van der Waals surface area contributed by atoms with Crippen molar-refractivity contribution in [1.29, 1.82) is 0 Å². The van der Waals surface area contributed by atoms with Crippen molar-refractivity contribution >= 4 is 33.8 Å². The van der Waals surface area contributed by atoms with Crippen LogP contribution in [0.1, 0.15) is 63.0 Å². The summed E-state index contributed by atoms with van der Waals surface area (Å²) in [5, 5.41) is 0.0464. The first kappa shape index (κ1) is 25.2. The van der Waals surface area contributed by atoms with Crippen molar-refractivity contribution in [3.8, 4) is 0 Å². The number of carbonyl (C=O) groups excluding carboxylic acids is 2. The Morgan fingerprint density at radius 3 is 1.75 bits per heavy atom. The van der Waals surface area contributed by atoms with E-state index in [2.05, 4.69) is 6.92 Å². The van der Waals surface area contributed by atoms with E-state index in [4.69, 9.17) is 17.2 Å². The summed E-state index contributed by atoms with van der Waals surface area (Å²) < 4.78 is 0. The molecule has 5 nitrogen and oxygen atoms in total. The fourth-order valence-corrected chi connectivity index (χ4v) is 4.53. The Labute approximate surface area is 177 Å². The molecule has 2 atom stereocenters. The van der Waals surface area contributed by atoms with Crippen molar-refractivity contribution < 1.29 is 9.59 Å². The molecule has 0 aliphatic heterocycles. The van der Waals surface area contributed by atoms with Gasteiger partial charge in [-0.2, -0.15) is 0 Å². The van der Waals surface area contributed by atoms with Crippen molar-refractivity contribution in [3.63, 3.8) is 0 Å². The Balaban J connectivity index is 2.49. The van der Waals surface area contributed by atoms with E-state index in [9.17, 15) is 9.59 Å². The number of benzene rings is 1. The number of nitrogens with two attached hydrogens (primary N) is 3. The molecule has 0 aliphatic carbocycles. The molecule has 1 rings (SSSR count). The molecule has 158 valence electrons. The lowest BCUT2D eigenvalue weighted by Gasteiger charge is -2.13. The van der Waals surface area contributed by atoms with E-state index in [0.29, 0.717) is 24.5 Å². The molecule has 0 radical (unpaired) electrons. The molecule has 0 aromatic heterocycles. The maximum Gasteiger partial charge on any atom is 0.205 e. The summed E-state index contributed by atoms with van der Waals surface area (Å²) >= 11 is 2.52. The summed E-state index contributed by atoms with van der Waals surface area (Å²) in [4.78, 5) is 24.5. The normalized spacial score (nSPS) is 13.3. The van der Waals surface area contributed by atoms with Gasteiger partial charge in [0.1, 0.15) is 0 Å². The van der Waals surface area contributed by atoms with Crippen LogP contribution in [-0.4, -0.2) is 28.9 Å². The number of rotatable bonds is 14. The molecule has 0 saturated carbocycles. The van der Waals surface area contributed by atoms with Gasteiger partial charge in [-0.3, -0.25) is 9.59 Å². The lowest BCUT2D eigenvalue weighted by Crippen LogP contribution is -2.28. The van der Waals surface area contributed by atoms with E-state index in [1.54, 1.807) is 0 Å². The van der Waals surface area contributed by atoms with Gasteiger partial charge in [-0.05, 0) is 36.9 Å². The Kier molecular flexibility index (Phi) is 13.5. The molecule has 0 fully saturated rings. The molecule has 0 amide bonds. The van der Waals surface area contributed by atoms with Crippen LogP contribution >= 0.6 is 23.5 Å². The standard InChI is InChI=1S/C21H35N3O2S2/c1-2-3-4-11-18(23)20(25)27-14-16-9-5-6-10-17(16)15-28-21(26)19(24)12-7-8-13-22/h5-6,9-10,18-19H,2-4,7-8,11-15,22-24H2,1H3/t18-,19-/m0/s1. The first-order valence-corrected chi connectivity index (χ1v) is 12.1. The molecule has 0 spiro atoms. The molecule has 0 bridgehead atoms. The van der Waals surface area contributed by atoms with Gasteiger partial charge in [0.05, 0.1) is 12.1 Å². The SMILES string of the molecule is CCCCC[C@H](N)C(=O)SCc1ccccc1CSC(=O)[C@@H](N)CCCCN. The number of carbonyl (C=O) groups is 2. The van der Waals surface area contributed by atoms with Gasteiger partial charge in [-0.1, -0.05) is 80.4 Å². The Hall–Kier alpha value is -0.860. The van der Waals surface area contributed by atoms with Gasteiger partial charge in [-0.15, -0.1) is 0 Å². The average Bonchev–Trinajstić information content (AvgIpc) is 2.70. The van der Waals surface area contributed by atoms with Crippen LogP contribution in [0.25, 0.3) is 0 Å². The zero-order valence-electron chi connectivity index (χ0n) is 16.9. The minimum atomic E-state index is -0.444. The van der Waals surface area contributed by atoms with Crippen LogP contribution in [0.2, 0.25) is 0 Å². The molecule has 1 aromatic rings. The van der Waals surface area contributed by atoms with Crippen LogP contribution < -0.4 is 17.2 Å². The second-order valence-electron chi connectivity index (χ2n) is 6.98. The zero-order chi connectivity index (χ0) is 20.8. The molecular weight excluding hydrogens is 390 g/mol. The van der Waals surface area contributed by atoms with Crippen LogP contribution in [0.15, 0.2) is 24.3 Å². The maximum atomic E-state index is 12.3. The van der Waals surface area contributed by atoms with Gasteiger partial charge >= 0.3 is 0 Å². The highest BCUT2D eigenvalue weighted by atomic mass is 32.2. The summed E-state index contributed by atoms with van der Waals surface area (Å²) in [6, 6.07) is 7.07. The topological polar surface area (TPSA) is 112 Å². The van der Waals surface area contributed by atoms with Crippen molar-refractivity contribution in [2.75, 3.05) is 6.54 Å². The van der Waals surface area contributed by atoms with Gasteiger partial charge in [0.25, 0.3) is 0 Å². The van der Waals surface area contributed by atoms with Crippen LogP contribution in [0.4, 0.5) is 0 Å². The summed E-state index contributed by atoms with van der Waals surface area (Å²) in [5.41, 5.74) is 19.6. The lowest BCUT2D eigenvalue weighted by molar-refractivity contribution is -0.113. The Morgan fingerprint density at radius 1 is 0.857 bits per heavy atom. The number of hydrogen-bond donors (Lipinski definition) is 3. The molecule has 6 N–H and O–H groups in total. The van der Waals surface area contributed by atoms with Crippen LogP contribution in [-0.2, 0) is 21.1 Å². The number of hydrogen-bond acceptors (Lipinski definition) is 7. The van der Waals surface area contributed by atoms with E-state index in [1.165, 1.54) is 23.5 Å². The van der Waals surface area contributed by atoms with Gasteiger partial charge in [0.2, 0.25) is 10.2 Å². The third-order valence-corrected chi connectivity index (χ3v) is 6.64. The highest BCUT2D eigenvalue weighted by molar-refractivity contribution is 8.13. The summed E-state index contributed by atoms with van der Waals surface area (Å²) in [6.07, 6.45) is 6.39. The van der Waals surface area contributed by atoms with Crippen molar-refractivity contribution in [2.45, 2.75) is 75.5 Å². The fraction of sp³-hybridized carbons (Fsp3) is 0.619. The summed E-state index contributed by atoms with van der Waals surface area (Å²) in [5.74, 6) is 1.14. The van der Waals surface area contributed by atoms with Gasteiger partial charge in [0, 0.05) is 11.5 Å². The highest BCUT2D eigenvalue weighted by Crippen LogP contribution is 2.24. The molecule has 7 heteroatoms. The third-order valence-electron chi connectivity index (χ3n) is 4.55. The monoisotopic (exact) mass is 425 g/mol. The molecule has 0 heterocycles. The predicted molar refractivity (Wildman–Crippen MR) is 122 cm³/mol. The number of thioether (sulfide) groups is 2. The van der Waals surface area contributed by atoms with Gasteiger partial charge in [-0.25, -0.2) is 0 Å². The lowest BCUT2D eigenvalue weighted by atomic mass is 10.1. The van der Waals surface area contributed by atoms with Crippen LogP contribution in [0, 0.1) is 0 Å². The molecular formula is C21H35N3O2S2. The minimum Gasteiger partial charge on any atom is -0.330 e. The molecule has 0 unspecified atom stereocenters. The second-order valence-corrected chi connectivity index (χ2v) is 8.94. The maximum absolute atomic E-state index is 12.3. The largest absolute Gasteiger partial charge is 0.330 e. The molecule has 1 aromatic carbocycles. The Bertz CT molecular complexity index is 548. The van der Waals surface area contributed by atoms with E-state index >= 15 is 0 Å². The van der Waals surface area contributed by atoms with E-state index in [-0.39, 0.29) is 10.2 Å². The summed E-state index contributed by atoms with van der Waals surface area (Å²) in [7, 11) is 0. The van der Waals surface area contributed by atoms with Gasteiger partial charge in [0.15, 0.2) is 0 Å². The predicted octanol–water partition coefficient (Wildman–Crippen LogP) is 3.57. The second kappa shape index (κ2) is 15.0. The van der Waals surface area contributed by atoms with Crippen molar-refractivity contribution in [1.82, 2.24) is 0 Å². The quantitative estimate of drug-likeness (QED) is 0.391. The minimum absolute atomic E-state index is 0.00787. The molecule has 0 saturated heterocycles. The van der Waals surface area contributed by atoms with Crippen LogP contribution in [0.5, 0.6) is 0 Å². The number of unbranched alkanes of at least 4 members (excludes halogenated alkanes) is 3. The van der Waals surface area contributed by atoms with Crippen molar-refractivity contribution in [2.24, 2.45) is 17.2 Å². The molecule has 0 aliphatic rings. The van der Waals surface area contributed by atoms with E-state index < -0.39 is 12.1 Å². The summed E-state index contributed by atoms with van der Waals surface area (Å²) in [6.45, 7) is 2.76. The average molecular weight is 426 g/mol. The zero-order valence-corrected chi connectivity index (χ0v) is 18.5. The van der Waals surface area contributed by atoms with Gasteiger partial charge < -0.3 is 17.2 Å². The molecule has 28 heavy (non-hydrogen) atoms.